The molecule has 0 heterocycles. The van der Waals surface area contributed by atoms with Crippen molar-refractivity contribution in [2.75, 3.05) is 29.2 Å². The lowest BCUT2D eigenvalue weighted by Gasteiger charge is -2.12. The summed E-state index contributed by atoms with van der Waals surface area (Å²) in [7, 11) is 1.58. The maximum absolute atomic E-state index is 11.9. The molecule has 7 nitrogen and oxygen atoms in total. The Morgan fingerprint density at radius 1 is 1.00 bits per heavy atom. The molecule has 10 heteroatoms. The molecule has 0 aliphatic heterocycles. The van der Waals surface area contributed by atoms with Crippen LogP contribution in [0.5, 0.6) is 5.75 Å². The third kappa shape index (κ3) is 8.46. The second kappa shape index (κ2) is 12.0. The number of carbonyl (C=O) groups excluding carboxylic acids is 2. The van der Waals surface area contributed by atoms with Gasteiger partial charge >= 0.3 is 0 Å². The van der Waals surface area contributed by atoms with Crippen LogP contribution in [0, 0.1) is 0 Å². The van der Waals surface area contributed by atoms with Gasteiger partial charge in [0.15, 0.2) is 5.11 Å². The molecular formula is C19H20N4O3S3. The Kier molecular flexibility index (Phi) is 9.35. The minimum atomic E-state index is -0.302. The monoisotopic (exact) mass is 448 g/mol. The molecule has 0 spiro atoms. The number of rotatable bonds is 8. The highest BCUT2D eigenvalue weighted by Gasteiger charge is 2.07. The molecule has 0 bridgehead atoms. The lowest BCUT2D eigenvalue weighted by Crippen LogP contribution is -2.44. The van der Waals surface area contributed by atoms with Crippen LogP contribution < -0.4 is 26.2 Å². The van der Waals surface area contributed by atoms with Crippen molar-refractivity contribution in [2.45, 2.75) is 0 Å². The van der Waals surface area contributed by atoms with Crippen LogP contribution in [-0.2, 0) is 9.59 Å². The summed E-state index contributed by atoms with van der Waals surface area (Å²) in [5.74, 6) is 0.458. The zero-order valence-electron chi connectivity index (χ0n) is 15.6. The Morgan fingerprint density at radius 3 is 2.41 bits per heavy atom. The SMILES string of the molecule is COc1ccc(NC(=O)CSCC(=O)NNC(=S)Nc2cccc(C=S)c2)cc1. The summed E-state index contributed by atoms with van der Waals surface area (Å²) >= 11 is 11.2. The number of carbonyl (C=O) groups is 2. The Bertz CT molecular complexity index is 875. The Morgan fingerprint density at radius 2 is 1.72 bits per heavy atom. The number of thiocarbonyl (C=S) groups is 2. The molecule has 2 amide bonds. The molecule has 0 atom stereocenters. The molecule has 2 aromatic carbocycles. The van der Waals surface area contributed by atoms with Gasteiger partial charge in [-0.3, -0.25) is 20.4 Å². The number of ether oxygens (including phenoxy) is 1. The molecule has 0 radical (unpaired) electrons. The lowest BCUT2D eigenvalue weighted by atomic mass is 10.2. The van der Waals surface area contributed by atoms with Gasteiger partial charge in [-0.1, -0.05) is 24.4 Å². The van der Waals surface area contributed by atoms with Crippen molar-refractivity contribution in [1.29, 1.82) is 0 Å². The first kappa shape index (κ1) is 22.6. The van der Waals surface area contributed by atoms with Crippen molar-refractivity contribution in [2.24, 2.45) is 0 Å². The summed E-state index contributed by atoms with van der Waals surface area (Å²) in [6.45, 7) is 0. The average Bonchev–Trinajstić information content (AvgIpc) is 2.73. The van der Waals surface area contributed by atoms with Crippen LogP contribution in [-0.4, -0.2) is 40.9 Å². The van der Waals surface area contributed by atoms with Crippen LogP contribution in [0.2, 0.25) is 0 Å². The first-order valence-electron chi connectivity index (χ1n) is 8.43. The van der Waals surface area contributed by atoms with Gasteiger partial charge in [-0.15, -0.1) is 11.8 Å². The molecule has 0 fully saturated rings. The first-order valence-corrected chi connectivity index (χ1v) is 10.5. The highest BCUT2D eigenvalue weighted by Crippen LogP contribution is 2.15. The number of nitrogens with one attached hydrogen (secondary N) is 4. The van der Waals surface area contributed by atoms with E-state index in [-0.39, 0.29) is 28.4 Å². The second-order valence-electron chi connectivity index (χ2n) is 5.64. The van der Waals surface area contributed by atoms with Crippen molar-refractivity contribution in [3.8, 4) is 5.75 Å². The fourth-order valence-corrected chi connectivity index (χ4v) is 3.06. The van der Waals surface area contributed by atoms with Crippen LogP contribution >= 0.6 is 36.2 Å². The number of anilines is 2. The maximum atomic E-state index is 11.9. The molecule has 29 heavy (non-hydrogen) atoms. The average molecular weight is 449 g/mol. The van der Waals surface area contributed by atoms with Crippen LogP contribution in [0.3, 0.4) is 0 Å². The highest BCUT2D eigenvalue weighted by molar-refractivity contribution is 8.00. The summed E-state index contributed by atoms with van der Waals surface area (Å²) in [5.41, 5.74) is 7.39. The van der Waals surface area contributed by atoms with Crippen LogP contribution in [0.25, 0.3) is 0 Å². The summed E-state index contributed by atoms with van der Waals surface area (Å²) < 4.78 is 5.06. The van der Waals surface area contributed by atoms with Crippen LogP contribution in [0.1, 0.15) is 5.56 Å². The molecule has 0 unspecified atom stereocenters. The van der Waals surface area contributed by atoms with E-state index in [4.69, 9.17) is 29.2 Å². The van der Waals surface area contributed by atoms with Gasteiger partial charge in [0.1, 0.15) is 5.75 Å². The van der Waals surface area contributed by atoms with Gasteiger partial charge in [0.25, 0.3) is 0 Å². The van der Waals surface area contributed by atoms with E-state index in [2.05, 4.69) is 21.5 Å². The first-order chi connectivity index (χ1) is 14.0. The molecule has 0 aliphatic carbocycles. The van der Waals surface area contributed by atoms with E-state index in [1.54, 1.807) is 36.7 Å². The van der Waals surface area contributed by atoms with E-state index < -0.39 is 0 Å². The molecule has 0 saturated heterocycles. The summed E-state index contributed by atoms with van der Waals surface area (Å²) in [6, 6.07) is 14.4. The van der Waals surface area contributed by atoms with E-state index in [1.807, 2.05) is 24.3 Å². The van der Waals surface area contributed by atoms with Gasteiger partial charge in [0, 0.05) is 16.7 Å². The molecular weight excluding hydrogens is 428 g/mol. The number of hydrazine groups is 1. The van der Waals surface area contributed by atoms with Gasteiger partial charge in [-0.2, -0.15) is 0 Å². The molecule has 0 aliphatic rings. The van der Waals surface area contributed by atoms with E-state index in [9.17, 15) is 9.59 Å². The third-order valence-corrected chi connectivity index (χ3v) is 4.85. The van der Waals surface area contributed by atoms with E-state index in [0.29, 0.717) is 11.4 Å². The number of benzene rings is 2. The standard InChI is InChI=1S/C19H20N4O3S3/c1-26-16-7-5-14(6-8-16)20-17(24)11-29-12-18(25)22-23-19(28)21-15-4-2-3-13(9-15)10-27/h2-10H,11-12H2,1H3,(H,20,24)(H,22,25)(H2,21,23,28). The smallest absolute Gasteiger partial charge is 0.248 e. The fourth-order valence-electron chi connectivity index (χ4n) is 2.12. The van der Waals surface area contributed by atoms with Crippen LogP contribution in [0.4, 0.5) is 11.4 Å². The van der Waals surface area contributed by atoms with E-state index >= 15 is 0 Å². The van der Waals surface area contributed by atoms with E-state index in [1.165, 1.54) is 11.8 Å². The van der Waals surface area contributed by atoms with Gasteiger partial charge in [0.05, 0.1) is 18.6 Å². The number of methoxy groups -OCH3 is 1. The van der Waals surface area contributed by atoms with Crippen molar-refractivity contribution >= 4 is 69.9 Å². The van der Waals surface area contributed by atoms with Crippen LogP contribution in [0.15, 0.2) is 48.5 Å². The number of hydrogen-bond acceptors (Lipinski definition) is 6. The maximum Gasteiger partial charge on any atom is 0.248 e. The molecule has 0 aromatic heterocycles. The normalized spacial score (nSPS) is 9.83. The molecule has 2 aromatic rings. The predicted molar refractivity (Wildman–Crippen MR) is 126 cm³/mol. The number of amides is 2. The molecule has 4 N–H and O–H groups in total. The minimum absolute atomic E-state index is 0.103. The molecule has 152 valence electrons. The number of thioether (sulfide) groups is 1. The zero-order valence-corrected chi connectivity index (χ0v) is 18.0. The lowest BCUT2D eigenvalue weighted by molar-refractivity contribution is -0.119. The highest BCUT2D eigenvalue weighted by atomic mass is 32.2. The quantitative estimate of drug-likeness (QED) is 0.362. The summed E-state index contributed by atoms with van der Waals surface area (Å²) in [6.07, 6.45) is 0. The number of hydrogen-bond donors (Lipinski definition) is 4. The predicted octanol–water partition coefficient (Wildman–Crippen LogP) is 2.73. The third-order valence-electron chi connectivity index (χ3n) is 3.44. The second-order valence-corrected chi connectivity index (χ2v) is 7.27. The largest absolute Gasteiger partial charge is 0.497 e. The van der Waals surface area contributed by atoms with Gasteiger partial charge < -0.3 is 15.4 Å². The zero-order chi connectivity index (χ0) is 21.1. The topological polar surface area (TPSA) is 91.5 Å². The Labute approximate surface area is 183 Å². The summed E-state index contributed by atoms with van der Waals surface area (Å²) in [5, 5.41) is 7.49. The van der Waals surface area contributed by atoms with Gasteiger partial charge in [0.2, 0.25) is 11.8 Å². The van der Waals surface area contributed by atoms with Gasteiger partial charge in [-0.25, -0.2) is 0 Å². The Balaban J connectivity index is 1.63. The van der Waals surface area contributed by atoms with Crippen molar-refractivity contribution in [1.82, 2.24) is 10.9 Å². The molecule has 2 rings (SSSR count). The fraction of sp³-hybridized carbons (Fsp3) is 0.158. The van der Waals surface area contributed by atoms with Crippen molar-refractivity contribution < 1.29 is 14.3 Å². The van der Waals surface area contributed by atoms with Gasteiger partial charge in [-0.05, 0) is 54.2 Å². The van der Waals surface area contributed by atoms with E-state index in [0.717, 1.165) is 11.3 Å². The minimum Gasteiger partial charge on any atom is -0.497 e. The van der Waals surface area contributed by atoms with Crippen molar-refractivity contribution in [3.63, 3.8) is 0 Å². The van der Waals surface area contributed by atoms with Crippen molar-refractivity contribution in [3.05, 3.63) is 54.1 Å². The Hall–Kier alpha value is -2.69. The molecule has 0 saturated carbocycles. The summed E-state index contributed by atoms with van der Waals surface area (Å²) in [4.78, 5) is 23.8.